The van der Waals surface area contributed by atoms with Gasteiger partial charge in [-0.2, -0.15) is 0 Å². The number of aliphatic hydroxyl groups is 3. The maximum absolute atomic E-state index is 12.5. The van der Waals surface area contributed by atoms with Crippen molar-refractivity contribution in [1.29, 1.82) is 0 Å². The minimum absolute atomic E-state index is 0.136. The number of benzene rings is 1. The number of carbonyl (C=O) groups is 1. The van der Waals surface area contributed by atoms with Crippen molar-refractivity contribution in [2.45, 2.75) is 62.7 Å². The van der Waals surface area contributed by atoms with Gasteiger partial charge in [0.1, 0.15) is 23.9 Å². The van der Waals surface area contributed by atoms with E-state index in [0.717, 1.165) is 0 Å². The average Bonchev–Trinajstić information content (AvgIpc) is 3.10. The van der Waals surface area contributed by atoms with Crippen LogP contribution in [0, 0.1) is 10.1 Å². The number of fused-ring (bicyclic) bond motifs is 1. The molecule has 0 bridgehead atoms. The normalized spacial score (nSPS) is 32.1. The molecule has 2 fully saturated rings. The lowest BCUT2D eigenvalue weighted by molar-refractivity contribution is -0.384. The van der Waals surface area contributed by atoms with E-state index in [4.69, 9.17) is 14.2 Å². The molecule has 0 unspecified atom stereocenters. The number of nitro benzene ring substituents is 1. The monoisotopic (exact) mass is 397 g/mol. The zero-order valence-corrected chi connectivity index (χ0v) is 15.5. The van der Waals surface area contributed by atoms with Gasteiger partial charge in [-0.1, -0.05) is 12.1 Å². The van der Waals surface area contributed by atoms with E-state index in [9.17, 15) is 30.2 Å². The number of rotatable bonds is 7. The summed E-state index contributed by atoms with van der Waals surface area (Å²) in [5, 5.41) is 41.4. The first-order chi connectivity index (χ1) is 13.1. The summed E-state index contributed by atoms with van der Waals surface area (Å²) in [5.41, 5.74) is -1.87. The minimum Gasteiger partial charge on any atom is -0.394 e. The molecule has 1 aromatic carbocycles. The Bertz CT molecular complexity index is 767. The highest BCUT2D eigenvalue weighted by Gasteiger charge is 2.64. The molecule has 2 aliphatic rings. The predicted octanol–water partition coefficient (Wildman–Crippen LogP) is 0.518. The Morgan fingerprint density at radius 2 is 2.07 bits per heavy atom. The third-order valence-corrected chi connectivity index (χ3v) is 4.99. The lowest BCUT2D eigenvalue weighted by Gasteiger charge is -2.35. The van der Waals surface area contributed by atoms with Crippen LogP contribution in [-0.4, -0.2) is 68.6 Å². The van der Waals surface area contributed by atoms with Crippen molar-refractivity contribution in [2.75, 3.05) is 6.61 Å². The molecular weight excluding hydrogens is 374 g/mol. The van der Waals surface area contributed by atoms with Crippen molar-refractivity contribution in [2.24, 2.45) is 0 Å². The summed E-state index contributed by atoms with van der Waals surface area (Å²) in [7, 11) is 0. The van der Waals surface area contributed by atoms with Crippen molar-refractivity contribution in [3.05, 3.63) is 39.9 Å². The number of nitro groups is 1. The quantitative estimate of drug-likeness (QED) is 0.340. The summed E-state index contributed by atoms with van der Waals surface area (Å²) >= 11 is 0. The maximum Gasteiger partial charge on any atom is 0.270 e. The lowest BCUT2D eigenvalue weighted by atomic mass is 9.84. The van der Waals surface area contributed by atoms with Crippen LogP contribution in [-0.2, 0) is 14.2 Å². The molecule has 3 N–H and O–H groups in total. The molecule has 2 aliphatic heterocycles. The van der Waals surface area contributed by atoms with Gasteiger partial charge in [0.05, 0.1) is 11.5 Å². The fourth-order valence-corrected chi connectivity index (χ4v) is 3.65. The lowest BCUT2D eigenvalue weighted by Crippen LogP contribution is -2.54. The van der Waals surface area contributed by atoms with Gasteiger partial charge in [0.25, 0.3) is 5.69 Å². The van der Waals surface area contributed by atoms with E-state index >= 15 is 0 Å². The average molecular weight is 397 g/mol. The number of hydrogen-bond acceptors (Lipinski definition) is 9. The van der Waals surface area contributed by atoms with E-state index in [1.165, 1.54) is 24.3 Å². The van der Waals surface area contributed by atoms with E-state index in [2.05, 4.69) is 0 Å². The summed E-state index contributed by atoms with van der Waals surface area (Å²) in [6.45, 7) is 2.62. The molecule has 2 heterocycles. The van der Waals surface area contributed by atoms with Crippen molar-refractivity contribution in [1.82, 2.24) is 0 Å². The first kappa shape index (κ1) is 20.8. The number of Topliss-reactive ketones (excluding diaryl/α,β-unsaturated/α-hetero) is 1. The van der Waals surface area contributed by atoms with E-state index in [1.54, 1.807) is 13.8 Å². The van der Waals surface area contributed by atoms with Gasteiger partial charge in [-0.05, 0) is 20.3 Å². The van der Waals surface area contributed by atoms with Crippen LogP contribution in [0.25, 0.3) is 0 Å². The Labute approximate surface area is 160 Å². The number of nitrogens with zero attached hydrogens (tertiary/aromatic N) is 1. The zero-order chi connectivity index (χ0) is 20.7. The molecule has 5 atom stereocenters. The molecule has 0 aliphatic carbocycles. The first-order valence-corrected chi connectivity index (χ1v) is 8.87. The zero-order valence-electron chi connectivity index (χ0n) is 15.5. The molecule has 2 saturated heterocycles. The van der Waals surface area contributed by atoms with Crippen LogP contribution in [0.15, 0.2) is 24.3 Å². The van der Waals surface area contributed by atoms with E-state index in [0.29, 0.717) is 0 Å². The van der Waals surface area contributed by atoms with Gasteiger partial charge in [-0.25, -0.2) is 0 Å². The Hall–Kier alpha value is -1.95. The molecular formula is C18H23NO9. The molecule has 3 rings (SSSR count). The molecule has 1 aromatic rings. The highest BCUT2D eigenvalue weighted by molar-refractivity contribution is 5.96. The van der Waals surface area contributed by atoms with E-state index < -0.39 is 53.3 Å². The molecule has 154 valence electrons. The Balaban J connectivity index is 1.78. The van der Waals surface area contributed by atoms with Crippen LogP contribution in [0.1, 0.15) is 37.0 Å². The second-order valence-corrected chi connectivity index (χ2v) is 7.45. The molecule has 10 nitrogen and oxygen atoms in total. The summed E-state index contributed by atoms with van der Waals surface area (Å²) in [6.07, 6.45) is -4.88. The topological polar surface area (TPSA) is 149 Å². The van der Waals surface area contributed by atoms with Crippen LogP contribution < -0.4 is 0 Å². The first-order valence-electron chi connectivity index (χ1n) is 8.87. The smallest absolute Gasteiger partial charge is 0.270 e. The van der Waals surface area contributed by atoms with Crippen molar-refractivity contribution < 1.29 is 39.2 Å². The fraction of sp³-hybridized carbons (Fsp3) is 0.611. The van der Waals surface area contributed by atoms with Crippen LogP contribution >= 0.6 is 0 Å². The third-order valence-electron chi connectivity index (χ3n) is 4.99. The molecule has 0 radical (unpaired) electrons. The van der Waals surface area contributed by atoms with E-state index in [1.807, 2.05) is 0 Å². The molecule has 10 heteroatoms. The van der Waals surface area contributed by atoms with E-state index in [-0.39, 0.29) is 24.1 Å². The second-order valence-electron chi connectivity index (χ2n) is 7.45. The molecule has 0 aromatic heterocycles. The van der Waals surface area contributed by atoms with Gasteiger partial charge in [-0.15, -0.1) is 0 Å². The van der Waals surface area contributed by atoms with Gasteiger partial charge in [0.2, 0.25) is 0 Å². The fourth-order valence-electron chi connectivity index (χ4n) is 3.65. The summed E-state index contributed by atoms with van der Waals surface area (Å²) in [6, 6.07) is 5.30. The van der Waals surface area contributed by atoms with Gasteiger partial charge in [-0.3, -0.25) is 14.9 Å². The Kier molecular flexibility index (Phi) is 5.54. The van der Waals surface area contributed by atoms with Crippen molar-refractivity contribution in [3.8, 4) is 0 Å². The van der Waals surface area contributed by atoms with Crippen LogP contribution in [0.3, 0.4) is 0 Å². The highest BCUT2D eigenvalue weighted by Crippen LogP contribution is 2.46. The largest absolute Gasteiger partial charge is 0.394 e. The summed E-state index contributed by atoms with van der Waals surface area (Å²) in [4.78, 5) is 22.8. The molecule has 0 spiro atoms. The number of non-ortho nitro benzene ring substituents is 1. The number of hydrogen-bond donors (Lipinski definition) is 3. The Morgan fingerprint density at radius 1 is 1.36 bits per heavy atom. The second kappa shape index (κ2) is 7.47. The molecule has 0 saturated carbocycles. The third kappa shape index (κ3) is 3.79. The van der Waals surface area contributed by atoms with Gasteiger partial charge >= 0.3 is 0 Å². The Morgan fingerprint density at radius 3 is 2.71 bits per heavy atom. The summed E-state index contributed by atoms with van der Waals surface area (Å²) in [5.74, 6) is -1.45. The van der Waals surface area contributed by atoms with Gasteiger partial charge < -0.3 is 29.5 Å². The number of ketones is 1. The van der Waals surface area contributed by atoms with Gasteiger partial charge in [0, 0.05) is 24.1 Å². The van der Waals surface area contributed by atoms with Crippen LogP contribution in [0.4, 0.5) is 5.69 Å². The van der Waals surface area contributed by atoms with Crippen LogP contribution in [0.2, 0.25) is 0 Å². The van der Waals surface area contributed by atoms with Crippen LogP contribution in [0.5, 0.6) is 0 Å². The summed E-state index contributed by atoms with van der Waals surface area (Å²) < 4.78 is 16.9. The number of ether oxygens (including phenoxy) is 3. The molecule has 28 heavy (non-hydrogen) atoms. The van der Waals surface area contributed by atoms with Gasteiger partial charge in [0.15, 0.2) is 17.9 Å². The highest BCUT2D eigenvalue weighted by atomic mass is 16.8. The molecule has 0 amide bonds. The SMILES string of the molecule is CC1(C)O[C@H]2O[C@H]([C@H](O)CO)[C@](O)(CCC(=O)c3cccc([N+](=O)[O-])c3)[C@H]2O1. The number of aliphatic hydroxyl groups excluding tert-OH is 2. The van der Waals surface area contributed by atoms with Crippen molar-refractivity contribution in [3.63, 3.8) is 0 Å². The maximum atomic E-state index is 12.5. The van der Waals surface area contributed by atoms with Crippen molar-refractivity contribution >= 4 is 11.5 Å². The predicted molar refractivity (Wildman–Crippen MR) is 93.4 cm³/mol. The standard InChI is InChI=1S/C18H23NO9/c1-17(2)27-15-16(28-17)26-14(13(22)9-20)18(15,23)7-6-12(21)10-4-3-5-11(8-10)19(24)25/h3-5,8,13-16,20,22-23H,6-7,9H2,1-2H3/t13-,14-,15+,16-,18-/m1/s1. The number of carbonyl (C=O) groups excluding carboxylic acids is 1. The minimum atomic E-state index is -1.79.